The van der Waals surface area contributed by atoms with Gasteiger partial charge in [0, 0.05) is 31.2 Å². The number of nitrogens with one attached hydrogen (secondary N) is 1. The van der Waals surface area contributed by atoms with Gasteiger partial charge in [-0.2, -0.15) is 0 Å². The molecular formula is C30H45NO5. The van der Waals surface area contributed by atoms with Gasteiger partial charge in [-0.15, -0.1) is 0 Å². The van der Waals surface area contributed by atoms with Gasteiger partial charge in [0.05, 0.1) is 12.5 Å². The minimum Gasteiger partial charge on any atom is -0.481 e. The molecule has 0 radical (unpaired) electrons. The summed E-state index contributed by atoms with van der Waals surface area (Å²) < 4.78 is 0. The second-order valence-corrected chi connectivity index (χ2v) is 10.2. The Morgan fingerprint density at radius 2 is 1.83 bits per heavy atom. The lowest BCUT2D eigenvalue weighted by Gasteiger charge is -2.16. The molecule has 6 nitrogen and oxygen atoms in total. The van der Waals surface area contributed by atoms with E-state index < -0.39 is 12.1 Å². The fraction of sp³-hybridized carbons (Fsp3) is 0.633. The number of aliphatic hydroxyl groups is 1. The predicted molar refractivity (Wildman–Crippen MR) is 143 cm³/mol. The monoisotopic (exact) mass is 499 g/mol. The normalized spacial score (nSPS) is 19.4. The maximum absolute atomic E-state index is 12.4. The Labute approximate surface area is 216 Å². The average Bonchev–Trinajstić information content (AvgIpc) is 3.22. The molecule has 0 saturated heterocycles. The van der Waals surface area contributed by atoms with E-state index in [0.29, 0.717) is 25.2 Å². The molecule has 0 aliphatic heterocycles. The van der Waals surface area contributed by atoms with Gasteiger partial charge in [0.15, 0.2) is 0 Å². The molecule has 1 aliphatic carbocycles. The minimum atomic E-state index is -0.875. The van der Waals surface area contributed by atoms with Crippen molar-refractivity contribution < 1.29 is 24.6 Å². The molecule has 200 valence electrons. The highest BCUT2D eigenvalue weighted by molar-refractivity contribution is 5.83. The maximum atomic E-state index is 12.4. The van der Waals surface area contributed by atoms with Crippen molar-refractivity contribution in [2.24, 2.45) is 11.8 Å². The molecule has 1 fully saturated rings. The van der Waals surface area contributed by atoms with Gasteiger partial charge in [-0.3, -0.25) is 14.4 Å². The van der Waals surface area contributed by atoms with Gasteiger partial charge in [-0.25, -0.2) is 0 Å². The van der Waals surface area contributed by atoms with Gasteiger partial charge < -0.3 is 15.5 Å². The van der Waals surface area contributed by atoms with Crippen molar-refractivity contribution in [3.63, 3.8) is 0 Å². The van der Waals surface area contributed by atoms with Crippen molar-refractivity contribution in [3.8, 4) is 0 Å². The number of aliphatic hydroxyl groups excluding tert-OH is 1. The van der Waals surface area contributed by atoms with Gasteiger partial charge in [0.2, 0.25) is 5.91 Å². The summed E-state index contributed by atoms with van der Waals surface area (Å²) in [5.41, 5.74) is 0.917. The number of hydrogen-bond donors (Lipinski definition) is 3. The van der Waals surface area contributed by atoms with Crippen LogP contribution in [0.25, 0.3) is 0 Å². The molecule has 0 unspecified atom stereocenters. The number of unbranched alkanes of at least 4 members (excludes halogenated alkanes) is 5. The summed E-state index contributed by atoms with van der Waals surface area (Å²) in [5.74, 6) is -0.506. The van der Waals surface area contributed by atoms with Crippen molar-refractivity contribution in [1.82, 2.24) is 5.32 Å². The van der Waals surface area contributed by atoms with E-state index in [1.165, 1.54) is 0 Å². The van der Waals surface area contributed by atoms with Crippen LogP contribution in [0.3, 0.4) is 0 Å². The summed E-state index contributed by atoms with van der Waals surface area (Å²) in [5, 5.41) is 22.2. The molecule has 0 bridgehead atoms. The number of benzene rings is 1. The van der Waals surface area contributed by atoms with Gasteiger partial charge in [0.1, 0.15) is 5.78 Å². The zero-order chi connectivity index (χ0) is 26.2. The van der Waals surface area contributed by atoms with Crippen LogP contribution in [-0.4, -0.2) is 40.5 Å². The lowest BCUT2D eigenvalue weighted by atomic mass is 9.89. The molecule has 3 N–H and O–H groups in total. The summed E-state index contributed by atoms with van der Waals surface area (Å²) in [6.07, 6.45) is 14.1. The summed E-state index contributed by atoms with van der Waals surface area (Å²) in [7, 11) is 0. The first-order chi connectivity index (χ1) is 17.4. The first-order valence-corrected chi connectivity index (χ1v) is 13.8. The third kappa shape index (κ3) is 11.5. The number of allylic oxidation sites excluding steroid dienone is 1. The molecule has 2 rings (SSSR count). The lowest BCUT2D eigenvalue weighted by Crippen LogP contribution is -2.29. The van der Waals surface area contributed by atoms with E-state index in [9.17, 15) is 24.6 Å². The van der Waals surface area contributed by atoms with Gasteiger partial charge >= 0.3 is 5.97 Å². The Balaban J connectivity index is 1.63. The van der Waals surface area contributed by atoms with E-state index >= 15 is 0 Å². The van der Waals surface area contributed by atoms with E-state index in [1.807, 2.05) is 36.4 Å². The van der Waals surface area contributed by atoms with Crippen LogP contribution in [0.4, 0.5) is 0 Å². The number of rotatable bonds is 18. The van der Waals surface area contributed by atoms with Crippen LogP contribution in [0.2, 0.25) is 0 Å². The molecule has 1 aromatic carbocycles. The van der Waals surface area contributed by atoms with Crippen LogP contribution >= 0.6 is 0 Å². The number of hydrogen-bond acceptors (Lipinski definition) is 4. The first kappa shape index (κ1) is 29.8. The molecule has 4 atom stereocenters. The molecule has 6 heteroatoms. The van der Waals surface area contributed by atoms with Crippen molar-refractivity contribution in [2.75, 3.05) is 6.54 Å². The van der Waals surface area contributed by atoms with Crippen LogP contribution in [0.1, 0.15) is 102 Å². The molecule has 1 aromatic rings. The summed E-state index contributed by atoms with van der Waals surface area (Å²) in [4.78, 5) is 35.8. The van der Waals surface area contributed by atoms with Crippen molar-refractivity contribution in [3.05, 3.63) is 48.0 Å². The van der Waals surface area contributed by atoms with E-state index in [4.69, 9.17) is 0 Å². The molecule has 0 aromatic heterocycles. The Morgan fingerprint density at radius 1 is 1.08 bits per heavy atom. The third-order valence-corrected chi connectivity index (χ3v) is 7.24. The van der Waals surface area contributed by atoms with E-state index in [1.54, 1.807) is 0 Å². The van der Waals surface area contributed by atoms with E-state index in [0.717, 1.165) is 69.8 Å². The number of amides is 1. The summed E-state index contributed by atoms with van der Waals surface area (Å²) in [6, 6.07) is 9.43. The van der Waals surface area contributed by atoms with E-state index in [-0.39, 0.29) is 30.1 Å². The molecular weight excluding hydrogens is 454 g/mol. The largest absolute Gasteiger partial charge is 0.481 e. The first-order valence-electron chi connectivity index (χ1n) is 13.8. The third-order valence-electron chi connectivity index (χ3n) is 7.24. The van der Waals surface area contributed by atoms with Crippen molar-refractivity contribution in [1.29, 1.82) is 0 Å². The topological polar surface area (TPSA) is 104 Å². The number of Topliss-reactive ketones (excluding diaryl/α,β-unsaturated/α-hetero) is 1. The molecule has 0 heterocycles. The lowest BCUT2D eigenvalue weighted by molar-refractivity contribution is -0.137. The number of aliphatic carboxylic acids is 1. The molecule has 1 saturated carbocycles. The molecule has 0 spiro atoms. The minimum absolute atomic E-state index is 0.0157. The van der Waals surface area contributed by atoms with Crippen LogP contribution in [0.15, 0.2) is 42.5 Å². The maximum Gasteiger partial charge on any atom is 0.304 e. The highest BCUT2D eigenvalue weighted by Gasteiger charge is 2.32. The standard InChI is InChI=1S/C30H45NO5/c1-2-3-7-14-26(32)19-17-24-18-20-28(33)27(24)15-10-4-5-11-16-29(34)31-22-25(21-30(35)36)23-12-8-6-9-13-23/h6,8-9,12-13,17,19,24-27,32H,2-5,7,10-11,14-16,18,20-22H2,1H3,(H,31,34)(H,35,36)/t24-,25+,26+,27-/m1/s1. The SMILES string of the molecule is CCCCC[C@H](O)C=C[C@@H]1CCC(=O)[C@@H]1CCCCCCC(=O)NC[C@H](CC(=O)O)c1ccccc1. The predicted octanol–water partition coefficient (Wildman–Crippen LogP) is 5.79. The Hall–Kier alpha value is -2.47. The number of carbonyl (C=O) groups excluding carboxylic acids is 2. The Kier molecular flexibility index (Phi) is 14.1. The average molecular weight is 500 g/mol. The quantitative estimate of drug-likeness (QED) is 0.175. The summed E-state index contributed by atoms with van der Waals surface area (Å²) >= 11 is 0. The van der Waals surface area contributed by atoms with Crippen LogP contribution in [0, 0.1) is 11.8 Å². The van der Waals surface area contributed by atoms with E-state index in [2.05, 4.69) is 18.3 Å². The zero-order valence-electron chi connectivity index (χ0n) is 21.9. The molecule has 1 amide bonds. The van der Waals surface area contributed by atoms with Gasteiger partial charge in [0.25, 0.3) is 0 Å². The fourth-order valence-electron chi connectivity index (χ4n) is 5.08. The van der Waals surface area contributed by atoms with Crippen LogP contribution in [-0.2, 0) is 14.4 Å². The highest BCUT2D eigenvalue weighted by atomic mass is 16.4. The Bertz CT molecular complexity index is 822. The highest BCUT2D eigenvalue weighted by Crippen LogP contribution is 2.34. The number of carbonyl (C=O) groups is 3. The van der Waals surface area contributed by atoms with Crippen LogP contribution in [0.5, 0.6) is 0 Å². The number of carboxylic acid groups (broad SMARTS) is 1. The van der Waals surface area contributed by atoms with Crippen molar-refractivity contribution in [2.45, 2.75) is 102 Å². The van der Waals surface area contributed by atoms with Gasteiger partial charge in [-0.1, -0.05) is 87.9 Å². The summed E-state index contributed by atoms with van der Waals surface area (Å²) in [6.45, 7) is 2.47. The second-order valence-electron chi connectivity index (χ2n) is 10.2. The molecule has 36 heavy (non-hydrogen) atoms. The zero-order valence-corrected chi connectivity index (χ0v) is 21.9. The second kappa shape index (κ2) is 17.1. The number of carboxylic acids is 1. The van der Waals surface area contributed by atoms with Crippen LogP contribution < -0.4 is 5.32 Å². The fourth-order valence-corrected chi connectivity index (χ4v) is 5.08. The number of ketones is 1. The molecule has 1 aliphatic rings. The smallest absolute Gasteiger partial charge is 0.304 e. The van der Waals surface area contributed by atoms with Crippen molar-refractivity contribution >= 4 is 17.7 Å². The Morgan fingerprint density at radius 3 is 2.56 bits per heavy atom. The van der Waals surface area contributed by atoms with Gasteiger partial charge in [-0.05, 0) is 37.2 Å².